The van der Waals surface area contributed by atoms with Gasteiger partial charge in [0.2, 0.25) is 0 Å². The number of aliphatic hydroxyl groups is 2. The predicted octanol–water partition coefficient (Wildman–Crippen LogP) is 0.916. The number of aliphatic hydroxyl groups excluding tert-OH is 2. The van der Waals surface area contributed by atoms with Crippen molar-refractivity contribution < 1.29 is 42.8 Å². The van der Waals surface area contributed by atoms with E-state index in [2.05, 4.69) is 25.9 Å². The summed E-state index contributed by atoms with van der Waals surface area (Å²) in [5, 5.41) is 37.0. The maximum absolute atomic E-state index is 12.8. The topological polar surface area (TPSA) is 166 Å². The maximum Gasteiger partial charge on any atom is 0.434 e. The van der Waals surface area contributed by atoms with Gasteiger partial charge in [0.15, 0.2) is 5.69 Å². The smallest absolute Gasteiger partial charge is 0.434 e. The Morgan fingerprint density at radius 1 is 1.12 bits per heavy atom. The third-order valence-corrected chi connectivity index (χ3v) is 4.74. The predicted molar refractivity (Wildman–Crippen MR) is 107 cm³/mol. The first kappa shape index (κ1) is 24.2. The van der Waals surface area contributed by atoms with Gasteiger partial charge in [0.25, 0.3) is 0 Å². The Morgan fingerprint density at radius 2 is 1.82 bits per heavy atom. The highest BCUT2D eigenvalue weighted by molar-refractivity contribution is 5.91. The van der Waals surface area contributed by atoms with Crippen LogP contribution in [0.4, 0.5) is 29.5 Å². The second-order valence-corrected chi connectivity index (χ2v) is 7.11. The van der Waals surface area contributed by atoms with E-state index >= 15 is 0 Å². The van der Waals surface area contributed by atoms with Gasteiger partial charge in [0, 0.05) is 12.2 Å². The number of nitrogens with zero attached hydrogens (tertiary/aromatic N) is 2. The highest BCUT2D eigenvalue weighted by Crippen LogP contribution is 2.28. The van der Waals surface area contributed by atoms with Gasteiger partial charge < -0.3 is 36.0 Å². The van der Waals surface area contributed by atoms with E-state index in [4.69, 9.17) is 9.84 Å². The lowest BCUT2D eigenvalue weighted by Gasteiger charge is -2.38. The van der Waals surface area contributed by atoms with Crippen LogP contribution in [0.1, 0.15) is 16.1 Å². The van der Waals surface area contributed by atoms with Crippen LogP contribution in [0.3, 0.4) is 0 Å². The molecule has 1 fully saturated rings. The van der Waals surface area contributed by atoms with Gasteiger partial charge in [-0.25, -0.2) is 14.6 Å². The fourth-order valence-electron chi connectivity index (χ4n) is 3.02. The summed E-state index contributed by atoms with van der Waals surface area (Å²) in [6, 6.07) is 3.77. The lowest BCUT2D eigenvalue weighted by molar-refractivity contribution is -0.141. The van der Waals surface area contributed by atoms with Crippen LogP contribution in [0.15, 0.2) is 36.7 Å². The van der Waals surface area contributed by atoms with Crippen molar-refractivity contribution in [1.29, 1.82) is 0 Å². The molecule has 1 aliphatic heterocycles. The Labute approximate surface area is 184 Å². The summed E-state index contributed by atoms with van der Waals surface area (Å²) in [5.74, 6) is -1.37. The highest BCUT2D eigenvalue weighted by Gasteiger charge is 2.39. The van der Waals surface area contributed by atoms with Gasteiger partial charge in [-0.3, -0.25) is 4.98 Å². The van der Waals surface area contributed by atoms with E-state index in [-0.39, 0.29) is 24.5 Å². The Kier molecular flexibility index (Phi) is 7.30. The normalized spacial score (nSPS) is 22.9. The molecule has 1 aromatic heterocycles. The van der Waals surface area contributed by atoms with E-state index in [9.17, 15) is 33.0 Å². The summed E-state index contributed by atoms with van der Waals surface area (Å²) in [7, 11) is 0. The lowest BCUT2D eigenvalue weighted by Crippen LogP contribution is -2.58. The molecule has 6 N–H and O–H groups in total. The molecular weight excluding hydrogens is 451 g/mol. The number of hydrogen-bond acceptors (Lipinski definition) is 8. The SMILES string of the molecule is O=C(NC[C@H]1OC[C@H](Nc2cncc(C(F)(F)F)n2)[C@@H](O)[C@H]1O)Nc1ccc(C(=O)O)cc1. The molecule has 0 unspecified atom stereocenters. The van der Waals surface area contributed by atoms with Crippen molar-refractivity contribution in [3.05, 3.63) is 47.9 Å². The van der Waals surface area contributed by atoms with Crippen molar-refractivity contribution in [1.82, 2.24) is 15.3 Å². The van der Waals surface area contributed by atoms with E-state index < -0.39 is 48.2 Å². The number of aromatic carboxylic acids is 1. The van der Waals surface area contributed by atoms with Crippen molar-refractivity contribution in [2.75, 3.05) is 23.8 Å². The van der Waals surface area contributed by atoms with Gasteiger partial charge in [-0.1, -0.05) is 0 Å². The average molecular weight is 471 g/mol. The zero-order valence-corrected chi connectivity index (χ0v) is 16.8. The molecule has 3 rings (SSSR count). The summed E-state index contributed by atoms with van der Waals surface area (Å²) < 4.78 is 43.7. The number of hydrogen-bond donors (Lipinski definition) is 6. The summed E-state index contributed by atoms with van der Waals surface area (Å²) in [4.78, 5) is 29.7. The summed E-state index contributed by atoms with van der Waals surface area (Å²) in [5.41, 5.74) is -0.841. The number of carbonyl (C=O) groups is 2. The fraction of sp³-hybridized carbons (Fsp3) is 0.368. The Hall–Kier alpha value is -3.49. The molecular formula is C19H20F3N5O6. The lowest BCUT2D eigenvalue weighted by atomic mass is 9.98. The van der Waals surface area contributed by atoms with Crippen LogP contribution in [0, 0.1) is 0 Å². The summed E-state index contributed by atoms with van der Waals surface area (Å²) in [6.07, 6.45) is -7.00. The maximum atomic E-state index is 12.8. The zero-order chi connectivity index (χ0) is 24.2. The van der Waals surface area contributed by atoms with Crippen molar-refractivity contribution in [2.24, 2.45) is 0 Å². The van der Waals surface area contributed by atoms with Gasteiger partial charge in [-0.15, -0.1) is 0 Å². The third kappa shape index (κ3) is 6.27. The largest absolute Gasteiger partial charge is 0.478 e. The van der Waals surface area contributed by atoms with Gasteiger partial charge in [-0.2, -0.15) is 13.2 Å². The first-order valence-corrected chi connectivity index (χ1v) is 9.56. The van der Waals surface area contributed by atoms with E-state index in [0.717, 1.165) is 6.20 Å². The highest BCUT2D eigenvalue weighted by atomic mass is 19.4. The first-order valence-electron chi connectivity index (χ1n) is 9.56. The quantitative estimate of drug-likeness (QED) is 0.359. The van der Waals surface area contributed by atoms with Gasteiger partial charge in [0.05, 0.1) is 30.6 Å². The molecule has 11 nitrogen and oxygen atoms in total. The molecule has 0 bridgehead atoms. The number of alkyl halides is 3. The van der Waals surface area contributed by atoms with Gasteiger partial charge >= 0.3 is 18.2 Å². The van der Waals surface area contributed by atoms with Crippen LogP contribution in [0.2, 0.25) is 0 Å². The summed E-state index contributed by atoms with van der Waals surface area (Å²) >= 11 is 0. The van der Waals surface area contributed by atoms with Crippen LogP contribution in [-0.4, -0.2) is 74.8 Å². The number of amides is 2. The molecule has 2 aromatic rings. The minimum Gasteiger partial charge on any atom is -0.478 e. The fourth-order valence-corrected chi connectivity index (χ4v) is 3.02. The zero-order valence-electron chi connectivity index (χ0n) is 16.8. The summed E-state index contributed by atoms with van der Waals surface area (Å²) in [6.45, 7) is -0.381. The molecule has 1 aromatic carbocycles. The molecule has 33 heavy (non-hydrogen) atoms. The number of benzene rings is 1. The van der Waals surface area contributed by atoms with Crippen LogP contribution in [0.5, 0.6) is 0 Å². The van der Waals surface area contributed by atoms with Crippen LogP contribution < -0.4 is 16.0 Å². The van der Waals surface area contributed by atoms with Crippen molar-refractivity contribution in [2.45, 2.75) is 30.5 Å². The first-order chi connectivity index (χ1) is 15.5. The van der Waals surface area contributed by atoms with Crippen LogP contribution in [0.25, 0.3) is 0 Å². The number of halogens is 3. The average Bonchev–Trinajstić information content (AvgIpc) is 2.76. The van der Waals surface area contributed by atoms with Crippen molar-refractivity contribution >= 4 is 23.5 Å². The van der Waals surface area contributed by atoms with E-state index in [0.29, 0.717) is 11.9 Å². The third-order valence-electron chi connectivity index (χ3n) is 4.74. The van der Waals surface area contributed by atoms with E-state index in [1.807, 2.05) is 0 Å². The second kappa shape index (κ2) is 9.97. The number of carboxylic acids is 1. The number of nitrogens with one attached hydrogen (secondary N) is 3. The number of rotatable bonds is 6. The van der Waals surface area contributed by atoms with E-state index in [1.54, 1.807) is 0 Å². The molecule has 0 aliphatic carbocycles. The number of carbonyl (C=O) groups excluding carboxylic acids is 1. The monoisotopic (exact) mass is 471 g/mol. The minimum atomic E-state index is -4.69. The Bertz CT molecular complexity index is 991. The standard InChI is InChI=1S/C19H20F3N5O6/c20-19(21,22)13-6-23-7-14(27-13)26-11-8-33-12(16(29)15(11)28)5-24-18(32)25-10-3-1-9(2-4-10)17(30)31/h1-4,6-7,11-12,15-16,28-29H,5,8H2,(H,26,27)(H,30,31)(H2,24,25,32)/t11-,12+,15+,16-/m0/s1. The number of anilines is 2. The van der Waals surface area contributed by atoms with Crippen molar-refractivity contribution in [3.63, 3.8) is 0 Å². The molecule has 0 saturated carbocycles. The number of aromatic nitrogens is 2. The molecule has 2 amide bonds. The van der Waals surface area contributed by atoms with Crippen molar-refractivity contribution in [3.8, 4) is 0 Å². The molecule has 178 valence electrons. The Morgan fingerprint density at radius 3 is 2.45 bits per heavy atom. The molecule has 14 heteroatoms. The number of carboxylic acid groups (broad SMARTS) is 1. The number of urea groups is 1. The Balaban J connectivity index is 1.50. The van der Waals surface area contributed by atoms with Gasteiger partial charge in [0.1, 0.15) is 24.1 Å². The molecule has 0 radical (unpaired) electrons. The van der Waals surface area contributed by atoms with Crippen LogP contribution >= 0.6 is 0 Å². The minimum absolute atomic E-state index is 0.0490. The van der Waals surface area contributed by atoms with Gasteiger partial charge in [-0.05, 0) is 24.3 Å². The molecule has 1 aliphatic rings. The van der Waals surface area contributed by atoms with E-state index in [1.165, 1.54) is 24.3 Å². The molecule has 2 heterocycles. The number of ether oxygens (including phenoxy) is 1. The second-order valence-electron chi connectivity index (χ2n) is 7.11. The molecule has 0 spiro atoms. The van der Waals surface area contributed by atoms with Crippen LogP contribution in [-0.2, 0) is 10.9 Å². The molecule has 1 saturated heterocycles. The molecule has 4 atom stereocenters.